The van der Waals surface area contributed by atoms with Gasteiger partial charge in [-0.1, -0.05) is 0 Å². The van der Waals surface area contributed by atoms with E-state index in [0.29, 0.717) is 71.6 Å². The molecule has 0 radical (unpaired) electrons. The van der Waals surface area contributed by atoms with E-state index in [2.05, 4.69) is 15.6 Å². The third kappa shape index (κ3) is 6.96. The van der Waals surface area contributed by atoms with E-state index in [-0.39, 0.29) is 22.7 Å². The summed E-state index contributed by atoms with van der Waals surface area (Å²) in [6, 6.07) is 14.8. The van der Waals surface area contributed by atoms with Gasteiger partial charge < -0.3 is 34.3 Å². The Hall–Kier alpha value is -5.53. The van der Waals surface area contributed by atoms with E-state index in [9.17, 15) is 14.0 Å². The highest BCUT2D eigenvalue weighted by molar-refractivity contribution is 6.06. The van der Waals surface area contributed by atoms with Gasteiger partial charge in [-0.05, 0) is 61.4 Å². The van der Waals surface area contributed by atoms with Crippen LogP contribution in [0.1, 0.15) is 28.8 Å². The van der Waals surface area contributed by atoms with E-state index in [1.165, 1.54) is 48.1 Å². The Labute approximate surface area is 285 Å². The molecule has 2 aliphatic rings. The third-order valence-electron chi connectivity index (χ3n) is 8.60. The van der Waals surface area contributed by atoms with Gasteiger partial charge in [0.05, 0.1) is 19.2 Å². The highest BCUT2D eigenvalue weighted by Crippen LogP contribution is 2.38. The Morgan fingerprint density at radius 3 is 2.58 bits per heavy atom. The van der Waals surface area contributed by atoms with Crippen LogP contribution in [0.2, 0.25) is 0 Å². The van der Waals surface area contributed by atoms with Gasteiger partial charge in [0, 0.05) is 79.1 Å². The number of ether oxygens (including phenoxy) is 5. The van der Waals surface area contributed by atoms with Crippen molar-refractivity contribution in [3.63, 3.8) is 0 Å². The molecule has 1 fully saturated rings. The molecule has 0 unspecified atom stereocenters. The van der Waals surface area contributed by atoms with Crippen molar-refractivity contribution in [2.45, 2.75) is 25.3 Å². The Balaban J connectivity index is 1.07. The summed E-state index contributed by atoms with van der Waals surface area (Å²) in [5.74, 6) is -0.603. The summed E-state index contributed by atoms with van der Waals surface area (Å²) in [6.07, 6.45) is 5.55. The van der Waals surface area contributed by atoms with Gasteiger partial charge in [0.25, 0.3) is 11.5 Å². The zero-order chi connectivity index (χ0) is 34.6. The average molecular weight is 685 g/mol. The molecule has 4 heterocycles. The van der Waals surface area contributed by atoms with E-state index < -0.39 is 23.1 Å². The maximum atomic E-state index is 15.5. The highest BCUT2D eigenvalue weighted by Gasteiger charge is 2.27. The van der Waals surface area contributed by atoms with E-state index in [4.69, 9.17) is 23.7 Å². The molecular weight excluding hydrogens is 650 g/mol. The van der Waals surface area contributed by atoms with Crippen LogP contribution in [0.5, 0.6) is 28.7 Å². The molecule has 2 aliphatic heterocycles. The summed E-state index contributed by atoms with van der Waals surface area (Å²) in [5, 5.41) is 6.66. The van der Waals surface area contributed by atoms with Crippen LogP contribution in [-0.2, 0) is 11.2 Å². The van der Waals surface area contributed by atoms with Crippen LogP contribution in [-0.4, -0.2) is 61.6 Å². The highest BCUT2D eigenvalue weighted by atomic mass is 19.1. The molecule has 1 saturated heterocycles. The number of benzene rings is 3. The summed E-state index contributed by atoms with van der Waals surface area (Å²) in [6.45, 7) is 2.89. The number of nitrogens with zero attached hydrogens (tertiary/aromatic N) is 2. The number of halogens is 2. The first-order valence-corrected chi connectivity index (χ1v) is 16.2. The van der Waals surface area contributed by atoms with E-state index in [1.54, 1.807) is 30.6 Å². The van der Waals surface area contributed by atoms with Crippen molar-refractivity contribution in [3.8, 4) is 34.4 Å². The molecular formula is C37H34F2N4O7. The molecule has 258 valence electrons. The van der Waals surface area contributed by atoms with Crippen LogP contribution in [0.4, 0.5) is 14.5 Å². The first-order chi connectivity index (χ1) is 24.4. The van der Waals surface area contributed by atoms with Crippen molar-refractivity contribution in [1.29, 1.82) is 0 Å². The van der Waals surface area contributed by atoms with Crippen LogP contribution >= 0.6 is 0 Å². The number of hydrogen-bond donors (Lipinski definition) is 2. The molecule has 3 aromatic carbocycles. The van der Waals surface area contributed by atoms with Gasteiger partial charge in [0.2, 0.25) is 0 Å². The summed E-state index contributed by atoms with van der Waals surface area (Å²) >= 11 is 0. The number of fused-ring (bicyclic) bond motifs is 2. The fourth-order valence-electron chi connectivity index (χ4n) is 6.04. The largest absolute Gasteiger partial charge is 0.493 e. The number of hydrogen-bond acceptors (Lipinski definition) is 9. The number of anilines is 1. The Bertz CT molecular complexity index is 2100. The second-order valence-corrected chi connectivity index (χ2v) is 11.8. The van der Waals surface area contributed by atoms with Crippen molar-refractivity contribution < 1.29 is 37.3 Å². The monoisotopic (exact) mass is 684 g/mol. The number of rotatable bonds is 11. The van der Waals surface area contributed by atoms with Gasteiger partial charge in [-0.3, -0.25) is 19.1 Å². The summed E-state index contributed by atoms with van der Waals surface area (Å²) < 4.78 is 58.9. The van der Waals surface area contributed by atoms with E-state index in [1.807, 2.05) is 0 Å². The second kappa shape index (κ2) is 14.5. The zero-order valence-electron chi connectivity index (χ0n) is 27.2. The maximum Gasteiger partial charge on any atom is 0.271 e. The fraction of sp³-hybridized carbons (Fsp3) is 0.270. The standard InChI is InChI=1S/C37H34F2N4O7/c1-46-32-19-27-29(20-33(32)48-17-13-40-24-10-14-47-15-11-24)41-12-8-30(27)50-31-7-4-25(18-28(31)39)42-36(44)34-35-22(9-16-49-35)21-43(37(34)45)26-5-2-23(38)3-6-26/h2-8,12,18-21,24,40H,9-11,13-17H2,1H3,(H,42,44). The molecule has 5 aromatic rings. The fourth-order valence-corrected chi connectivity index (χ4v) is 6.04. The van der Waals surface area contributed by atoms with Crippen molar-refractivity contribution in [1.82, 2.24) is 14.9 Å². The van der Waals surface area contributed by atoms with Gasteiger partial charge in [-0.2, -0.15) is 0 Å². The lowest BCUT2D eigenvalue weighted by Crippen LogP contribution is -2.37. The number of pyridine rings is 2. The normalized spacial score (nSPS) is 14.2. The number of carbonyl (C=O) groups is 1. The quantitative estimate of drug-likeness (QED) is 0.166. The molecule has 50 heavy (non-hydrogen) atoms. The Kier molecular flexibility index (Phi) is 9.58. The van der Waals surface area contributed by atoms with Crippen molar-refractivity contribution in [3.05, 3.63) is 106 Å². The molecule has 2 aromatic heterocycles. The minimum atomic E-state index is -0.776. The molecule has 0 aliphatic carbocycles. The van der Waals surface area contributed by atoms with E-state index in [0.717, 1.165) is 32.1 Å². The molecule has 2 N–H and O–H groups in total. The number of methoxy groups -OCH3 is 1. The third-order valence-corrected chi connectivity index (χ3v) is 8.60. The van der Waals surface area contributed by atoms with Gasteiger partial charge >= 0.3 is 0 Å². The van der Waals surface area contributed by atoms with Crippen molar-refractivity contribution in [2.24, 2.45) is 0 Å². The first-order valence-electron chi connectivity index (χ1n) is 16.2. The van der Waals surface area contributed by atoms with Gasteiger partial charge in [0.1, 0.15) is 29.5 Å². The van der Waals surface area contributed by atoms with Gasteiger partial charge in [0.15, 0.2) is 23.1 Å². The predicted molar refractivity (Wildman–Crippen MR) is 181 cm³/mol. The molecule has 0 saturated carbocycles. The van der Waals surface area contributed by atoms with Crippen LogP contribution in [0.15, 0.2) is 77.9 Å². The number of aromatic nitrogens is 2. The molecule has 13 heteroatoms. The first kappa shape index (κ1) is 33.0. The lowest BCUT2D eigenvalue weighted by molar-refractivity contribution is 0.0770. The minimum absolute atomic E-state index is 0.0949. The number of amides is 1. The van der Waals surface area contributed by atoms with Gasteiger partial charge in [-0.25, -0.2) is 8.78 Å². The Morgan fingerprint density at radius 1 is 0.980 bits per heavy atom. The molecule has 7 rings (SSSR count). The molecule has 1 amide bonds. The molecule has 0 spiro atoms. The second-order valence-electron chi connectivity index (χ2n) is 11.8. The van der Waals surface area contributed by atoms with E-state index >= 15 is 4.39 Å². The van der Waals surface area contributed by atoms with Crippen molar-refractivity contribution in [2.75, 3.05) is 45.4 Å². The summed E-state index contributed by atoms with van der Waals surface area (Å²) in [5.41, 5.74) is 0.797. The smallest absolute Gasteiger partial charge is 0.271 e. The lowest BCUT2D eigenvalue weighted by Gasteiger charge is -2.23. The van der Waals surface area contributed by atoms with Crippen LogP contribution in [0.3, 0.4) is 0 Å². The van der Waals surface area contributed by atoms with Crippen LogP contribution in [0.25, 0.3) is 16.6 Å². The molecule has 0 bridgehead atoms. The number of nitrogens with one attached hydrogen (secondary N) is 2. The Morgan fingerprint density at radius 2 is 1.80 bits per heavy atom. The average Bonchev–Trinajstić information content (AvgIpc) is 3.59. The van der Waals surface area contributed by atoms with Crippen LogP contribution in [0, 0.1) is 11.6 Å². The summed E-state index contributed by atoms with van der Waals surface area (Å²) in [7, 11) is 1.53. The molecule has 0 atom stereocenters. The lowest BCUT2D eigenvalue weighted by atomic mass is 10.1. The summed E-state index contributed by atoms with van der Waals surface area (Å²) in [4.78, 5) is 31.4. The zero-order valence-corrected chi connectivity index (χ0v) is 27.2. The SMILES string of the molecule is COc1cc2c(Oc3ccc(NC(=O)c4c5c(cn(-c6ccc(F)cc6)c4=O)CCO5)cc3F)ccnc2cc1OCCNC1CCOCC1. The van der Waals surface area contributed by atoms with Gasteiger partial charge in [-0.15, -0.1) is 0 Å². The van der Waals surface area contributed by atoms with Crippen LogP contribution < -0.4 is 35.1 Å². The predicted octanol–water partition coefficient (Wildman–Crippen LogP) is 5.80. The minimum Gasteiger partial charge on any atom is -0.493 e. The molecule has 11 nitrogen and oxygen atoms in total. The van der Waals surface area contributed by atoms with Crippen molar-refractivity contribution >= 4 is 22.5 Å². The number of carbonyl (C=O) groups excluding carboxylic acids is 1. The topological polar surface area (TPSA) is 122 Å². The maximum absolute atomic E-state index is 15.5.